The van der Waals surface area contributed by atoms with Gasteiger partial charge in [-0.05, 0) is 24.3 Å². The van der Waals surface area contributed by atoms with Crippen molar-refractivity contribution < 1.29 is 4.79 Å². The maximum Gasteiger partial charge on any atom is 0.222 e. The summed E-state index contributed by atoms with van der Waals surface area (Å²) < 4.78 is 0. The lowest BCUT2D eigenvalue weighted by atomic mass is 10.0. The van der Waals surface area contributed by atoms with Gasteiger partial charge in [-0.25, -0.2) is 9.97 Å². The molecule has 0 bridgehead atoms. The van der Waals surface area contributed by atoms with Gasteiger partial charge in [0.25, 0.3) is 0 Å². The van der Waals surface area contributed by atoms with E-state index in [2.05, 4.69) is 9.97 Å². The first kappa shape index (κ1) is 13.3. The van der Waals surface area contributed by atoms with Crippen molar-refractivity contribution in [2.45, 2.75) is 51.5 Å². The number of rotatable bonds is 3. The number of hydrogen-bond acceptors (Lipinski definition) is 4. The van der Waals surface area contributed by atoms with Crippen LogP contribution in [-0.4, -0.2) is 27.3 Å². The van der Waals surface area contributed by atoms with Crippen LogP contribution in [0, 0.1) is 5.92 Å². The molecule has 5 heteroatoms. The number of carbonyl (C=O) groups excluding carboxylic acids is 1. The van der Waals surface area contributed by atoms with E-state index in [4.69, 9.17) is 5.73 Å². The van der Waals surface area contributed by atoms with Gasteiger partial charge in [0.15, 0.2) is 0 Å². The summed E-state index contributed by atoms with van der Waals surface area (Å²) in [5, 5.41) is 0. The van der Waals surface area contributed by atoms with Gasteiger partial charge < -0.3 is 10.6 Å². The summed E-state index contributed by atoms with van der Waals surface area (Å²) in [6.45, 7) is 1.37. The summed E-state index contributed by atoms with van der Waals surface area (Å²) in [6, 6.07) is 0. The van der Waals surface area contributed by atoms with E-state index >= 15 is 0 Å². The third-order valence-corrected chi connectivity index (χ3v) is 4.56. The second kappa shape index (κ2) is 5.77. The summed E-state index contributed by atoms with van der Waals surface area (Å²) in [5.74, 6) is 1.33. The Morgan fingerprint density at radius 2 is 2.20 bits per heavy atom. The van der Waals surface area contributed by atoms with E-state index in [1.165, 1.54) is 25.7 Å². The highest BCUT2D eigenvalue weighted by atomic mass is 16.2. The molecule has 0 aromatic carbocycles. The lowest BCUT2D eigenvalue weighted by Gasteiger charge is -2.28. The standard InChI is InChI=1S/C15H22N4O/c16-15-17-9-12-7-8-19(10-13(12)18-15)14(20)6-5-11-3-1-2-4-11/h9,11H,1-8,10H2,(H2,16,17,18). The molecule has 1 fully saturated rings. The summed E-state index contributed by atoms with van der Waals surface area (Å²) in [5.41, 5.74) is 7.66. The van der Waals surface area contributed by atoms with E-state index in [-0.39, 0.29) is 5.91 Å². The lowest BCUT2D eigenvalue weighted by molar-refractivity contribution is -0.132. The second-order valence-electron chi connectivity index (χ2n) is 5.95. The Kier molecular flexibility index (Phi) is 3.85. The van der Waals surface area contributed by atoms with Gasteiger partial charge >= 0.3 is 0 Å². The van der Waals surface area contributed by atoms with E-state index < -0.39 is 0 Å². The highest BCUT2D eigenvalue weighted by molar-refractivity contribution is 5.76. The van der Waals surface area contributed by atoms with Crippen molar-refractivity contribution in [3.8, 4) is 0 Å². The predicted molar refractivity (Wildman–Crippen MR) is 76.8 cm³/mol. The monoisotopic (exact) mass is 274 g/mol. The summed E-state index contributed by atoms with van der Waals surface area (Å²) in [6.07, 6.45) is 9.65. The van der Waals surface area contributed by atoms with Crippen LogP contribution >= 0.6 is 0 Å². The van der Waals surface area contributed by atoms with Crippen LogP contribution in [0.15, 0.2) is 6.20 Å². The molecule has 2 N–H and O–H groups in total. The Labute approximate surface area is 119 Å². The summed E-state index contributed by atoms with van der Waals surface area (Å²) >= 11 is 0. The van der Waals surface area contributed by atoms with Crippen molar-refractivity contribution >= 4 is 11.9 Å². The number of carbonyl (C=O) groups is 1. The smallest absolute Gasteiger partial charge is 0.222 e. The molecule has 0 spiro atoms. The number of amides is 1. The first-order chi connectivity index (χ1) is 9.72. The highest BCUT2D eigenvalue weighted by Gasteiger charge is 2.23. The summed E-state index contributed by atoms with van der Waals surface area (Å²) in [7, 11) is 0. The lowest BCUT2D eigenvalue weighted by Crippen LogP contribution is -2.36. The fourth-order valence-corrected chi connectivity index (χ4v) is 3.32. The minimum absolute atomic E-state index is 0.264. The second-order valence-corrected chi connectivity index (χ2v) is 5.95. The molecule has 1 aliphatic heterocycles. The third-order valence-electron chi connectivity index (χ3n) is 4.56. The molecule has 1 aliphatic carbocycles. The van der Waals surface area contributed by atoms with Gasteiger partial charge in [-0.1, -0.05) is 25.7 Å². The van der Waals surface area contributed by atoms with E-state index in [0.29, 0.717) is 18.9 Å². The molecule has 5 nitrogen and oxygen atoms in total. The molecule has 108 valence electrons. The van der Waals surface area contributed by atoms with Crippen molar-refractivity contribution in [1.82, 2.24) is 14.9 Å². The van der Waals surface area contributed by atoms with Crippen LogP contribution < -0.4 is 5.73 Å². The van der Waals surface area contributed by atoms with E-state index in [1.807, 2.05) is 4.90 Å². The van der Waals surface area contributed by atoms with Crippen LogP contribution in [0.2, 0.25) is 0 Å². The zero-order chi connectivity index (χ0) is 13.9. The molecule has 1 saturated carbocycles. The van der Waals surface area contributed by atoms with Crippen molar-refractivity contribution in [3.05, 3.63) is 17.5 Å². The number of nitrogens with zero attached hydrogens (tertiary/aromatic N) is 3. The van der Waals surface area contributed by atoms with Crippen LogP contribution in [-0.2, 0) is 17.8 Å². The number of nitrogen functional groups attached to an aromatic ring is 1. The van der Waals surface area contributed by atoms with Gasteiger partial charge in [-0.2, -0.15) is 0 Å². The molecule has 1 aromatic heterocycles. The molecular formula is C15H22N4O. The van der Waals surface area contributed by atoms with E-state index in [9.17, 15) is 4.79 Å². The number of anilines is 1. The average Bonchev–Trinajstić information content (AvgIpc) is 2.97. The number of aromatic nitrogens is 2. The largest absolute Gasteiger partial charge is 0.368 e. The highest BCUT2D eigenvalue weighted by Crippen LogP contribution is 2.29. The van der Waals surface area contributed by atoms with Gasteiger partial charge in [0.2, 0.25) is 11.9 Å². The first-order valence-corrected chi connectivity index (χ1v) is 7.60. The normalized spacial score (nSPS) is 19.1. The Hall–Kier alpha value is -1.65. The Bertz CT molecular complexity index is 497. The van der Waals surface area contributed by atoms with E-state index in [0.717, 1.165) is 36.6 Å². The molecule has 2 aliphatic rings. The Morgan fingerprint density at radius 1 is 1.40 bits per heavy atom. The van der Waals surface area contributed by atoms with Gasteiger partial charge in [-0.15, -0.1) is 0 Å². The number of hydrogen-bond donors (Lipinski definition) is 1. The minimum Gasteiger partial charge on any atom is -0.368 e. The van der Waals surface area contributed by atoms with Crippen LogP contribution in [0.3, 0.4) is 0 Å². The fourth-order valence-electron chi connectivity index (χ4n) is 3.32. The molecule has 0 saturated heterocycles. The third kappa shape index (κ3) is 2.92. The Morgan fingerprint density at radius 3 is 3.00 bits per heavy atom. The molecule has 0 radical (unpaired) electrons. The number of nitrogens with two attached hydrogens (primary N) is 1. The van der Waals surface area contributed by atoms with Gasteiger partial charge in [0, 0.05) is 19.2 Å². The topological polar surface area (TPSA) is 72.1 Å². The first-order valence-electron chi connectivity index (χ1n) is 7.60. The zero-order valence-electron chi connectivity index (χ0n) is 11.8. The zero-order valence-corrected chi connectivity index (χ0v) is 11.8. The van der Waals surface area contributed by atoms with E-state index in [1.54, 1.807) is 6.20 Å². The molecule has 0 unspecified atom stereocenters. The molecular weight excluding hydrogens is 252 g/mol. The van der Waals surface area contributed by atoms with Crippen LogP contribution in [0.25, 0.3) is 0 Å². The van der Waals surface area contributed by atoms with Crippen LogP contribution in [0.4, 0.5) is 5.95 Å². The van der Waals surface area contributed by atoms with Gasteiger partial charge in [0.1, 0.15) is 0 Å². The van der Waals surface area contributed by atoms with Gasteiger partial charge in [0.05, 0.1) is 12.2 Å². The average molecular weight is 274 g/mol. The van der Waals surface area contributed by atoms with Crippen molar-refractivity contribution in [3.63, 3.8) is 0 Å². The maximum atomic E-state index is 12.3. The van der Waals surface area contributed by atoms with Crippen molar-refractivity contribution in [2.24, 2.45) is 5.92 Å². The molecule has 20 heavy (non-hydrogen) atoms. The predicted octanol–water partition coefficient (Wildman–Crippen LogP) is 1.91. The quantitative estimate of drug-likeness (QED) is 0.914. The summed E-state index contributed by atoms with van der Waals surface area (Å²) in [4.78, 5) is 22.5. The molecule has 3 rings (SSSR count). The SMILES string of the molecule is Nc1ncc2c(n1)CN(C(=O)CCC1CCCC1)CC2. The molecule has 1 aromatic rings. The number of fused-ring (bicyclic) bond motifs is 1. The van der Waals surface area contributed by atoms with Crippen molar-refractivity contribution in [1.29, 1.82) is 0 Å². The van der Waals surface area contributed by atoms with Crippen LogP contribution in [0.1, 0.15) is 49.8 Å². The Balaban J connectivity index is 1.57. The minimum atomic E-state index is 0.264. The molecule has 0 atom stereocenters. The molecule has 1 amide bonds. The van der Waals surface area contributed by atoms with Crippen molar-refractivity contribution in [2.75, 3.05) is 12.3 Å². The molecule has 2 heterocycles. The van der Waals surface area contributed by atoms with Gasteiger partial charge in [-0.3, -0.25) is 4.79 Å². The maximum absolute atomic E-state index is 12.3. The van der Waals surface area contributed by atoms with Crippen LogP contribution in [0.5, 0.6) is 0 Å². The fraction of sp³-hybridized carbons (Fsp3) is 0.667.